The highest BCUT2D eigenvalue weighted by Crippen LogP contribution is 2.33. The third-order valence-electron chi connectivity index (χ3n) is 3.92. The van der Waals surface area contributed by atoms with Crippen molar-refractivity contribution >= 4 is 5.69 Å². The lowest BCUT2D eigenvalue weighted by atomic mass is 10.0. The molecule has 21 heavy (non-hydrogen) atoms. The van der Waals surface area contributed by atoms with Gasteiger partial charge in [-0.25, -0.2) is 5.48 Å². The number of piperidine rings is 1. The third-order valence-corrected chi connectivity index (χ3v) is 3.92. The van der Waals surface area contributed by atoms with Gasteiger partial charge in [0.1, 0.15) is 0 Å². The van der Waals surface area contributed by atoms with Gasteiger partial charge in [-0.15, -0.1) is 0 Å². The van der Waals surface area contributed by atoms with Gasteiger partial charge in [0, 0.05) is 38.2 Å². The second-order valence-electron chi connectivity index (χ2n) is 5.10. The first-order chi connectivity index (χ1) is 10.3. The fraction of sp³-hybridized carbons (Fsp3) is 0.625. The lowest BCUT2D eigenvalue weighted by molar-refractivity contribution is -0.169. The van der Waals surface area contributed by atoms with Crippen LogP contribution in [0.2, 0.25) is 0 Å². The summed E-state index contributed by atoms with van der Waals surface area (Å²) in [6, 6.07) is 8.26. The monoisotopic (exact) mass is 294 g/mol. The van der Waals surface area contributed by atoms with Crippen LogP contribution < -0.4 is 10.4 Å². The number of hydrogen-bond donors (Lipinski definition) is 2. The molecule has 0 radical (unpaired) electrons. The van der Waals surface area contributed by atoms with Crippen molar-refractivity contribution in [3.8, 4) is 0 Å². The smallest absolute Gasteiger partial charge is 0.171 e. The SMILES string of the molecule is CC.ONCc1ccc(N2CCC3(CC2)OCCO3)cc1. The van der Waals surface area contributed by atoms with E-state index in [0.29, 0.717) is 6.54 Å². The maximum atomic E-state index is 8.67. The lowest BCUT2D eigenvalue weighted by Gasteiger charge is -2.38. The van der Waals surface area contributed by atoms with Gasteiger partial charge in [-0.2, -0.15) is 0 Å². The molecular weight excluding hydrogens is 268 g/mol. The summed E-state index contributed by atoms with van der Waals surface area (Å²) < 4.78 is 11.5. The largest absolute Gasteiger partial charge is 0.371 e. The average molecular weight is 294 g/mol. The van der Waals surface area contributed by atoms with Crippen LogP contribution in [0.5, 0.6) is 0 Å². The summed E-state index contributed by atoms with van der Waals surface area (Å²) in [4.78, 5) is 2.35. The van der Waals surface area contributed by atoms with Crippen LogP contribution >= 0.6 is 0 Å². The molecule has 5 nitrogen and oxygen atoms in total. The van der Waals surface area contributed by atoms with Crippen LogP contribution in [-0.4, -0.2) is 37.3 Å². The highest BCUT2D eigenvalue weighted by Gasteiger charge is 2.39. The van der Waals surface area contributed by atoms with Crippen LogP contribution in [-0.2, 0) is 16.0 Å². The maximum Gasteiger partial charge on any atom is 0.171 e. The van der Waals surface area contributed by atoms with E-state index >= 15 is 0 Å². The van der Waals surface area contributed by atoms with E-state index in [1.165, 1.54) is 5.69 Å². The first kappa shape index (κ1) is 16.2. The number of hydrogen-bond acceptors (Lipinski definition) is 5. The van der Waals surface area contributed by atoms with Crippen molar-refractivity contribution in [1.29, 1.82) is 0 Å². The number of nitrogens with one attached hydrogen (secondary N) is 1. The molecule has 0 bridgehead atoms. The molecule has 2 N–H and O–H groups in total. The third kappa shape index (κ3) is 3.95. The van der Waals surface area contributed by atoms with Crippen molar-refractivity contribution in [3.05, 3.63) is 29.8 Å². The quantitative estimate of drug-likeness (QED) is 0.839. The topological polar surface area (TPSA) is 54.0 Å². The Morgan fingerprint density at radius 1 is 1.10 bits per heavy atom. The number of nitrogens with zero attached hydrogens (tertiary/aromatic N) is 1. The second kappa shape index (κ2) is 7.75. The molecule has 0 amide bonds. The van der Waals surface area contributed by atoms with Gasteiger partial charge in [-0.3, -0.25) is 0 Å². The molecule has 0 saturated carbocycles. The van der Waals surface area contributed by atoms with E-state index in [4.69, 9.17) is 14.7 Å². The number of hydroxylamine groups is 1. The number of anilines is 1. The van der Waals surface area contributed by atoms with Gasteiger partial charge >= 0.3 is 0 Å². The molecule has 5 heteroatoms. The van der Waals surface area contributed by atoms with Crippen LogP contribution in [0.1, 0.15) is 32.3 Å². The Morgan fingerprint density at radius 2 is 1.67 bits per heavy atom. The molecule has 0 unspecified atom stereocenters. The Bertz CT molecular complexity index is 406. The first-order valence-electron chi connectivity index (χ1n) is 7.80. The predicted octanol–water partition coefficient (Wildman–Crippen LogP) is 2.53. The Kier molecular flexibility index (Phi) is 5.99. The number of rotatable bonds is 3. The van der Waals surface area contributed by atoms with Crippen LogP contribution in [0.4, 0.5) is 5.69 Å². The second-order valence-corrected chi connectivity index (χ2v) is 5.10. The predicted molar refractivity (Wildman–Crippen MR) is 82.5 cm³/mol. The Labute approximate surface area is 126 Å². The Hall–Kier alpha value is -1.14. The van der Waals surface area contributed by atoms with E-state index in [1.807, 2.05) is 26.0 Å². The summed E-state index contributed by atoms with van der Waals surface area (Å²) in [6.07, 6.45) is 1.85. The van der Waals surface area contributed by atoms with Crippen molar-refractivity contribution < 1.29 is 14.7 Å². The van der Waals surface area contributed by atoms with E-state index in [-0.39, 0.29) is 5.79 Å². The summed E-state index contributed by atoms with van der Waals surface area (Å²) in [7, 11) is 0. The molecular formula is C16H26N2O3. The van der Waals surface area contributed by atoms with Crippen molar-refractivity contribution in [1.82, 2.24) is 5.48 Å². The molecule has 2 fully saturated rings. The van der Waals surface area contributed by atoms with Gasteiger partial charge < -0.3 is 19.6 Å². The molecule has 2 aliphatic rings. The molecule has 1 aromatic carbocycles. The van der Waals surface area contributed by atoms with E-state index in [2.05, 4.69) is 22.5 Å². The molecule has 0 aliphatic carbocycles. The zero-order chi connectivity index (χ0) is 15.1. The molecule has 1 spiro atoms. The summed E-state index contributed by atoms with van der Waals surface area (Å²) in [6.45, 7) is 7.84. The van der Waals surface area contributed by atoms with Crippen LogP contribution in [0.25, 0.3) is 0 Å². The Balaban J connectivity index is 0.000000774. The maximum absolute atomic E-state index is 8.67. The molecule has 0 aromatic heterocycles. The average Bonchev–Trinajstić information content (AvgIpc) is 3.00. The molecule has 118 valence electrons. The highest BCUT2D eigenvalue weighted by molar-refractivity contribution is 5.48. The van der Waals surface area contributed by atoms with Gasteiger partial charge in [0.05, 0.1) is 13.2 Å². The minimum absolute atomic E-state index is 0.308. The van der Waals surface area contributed by atoms with Crippen molar-refractivity contribution in [2.24, 2.45) is 0 Å². The van der Waals surface area contributed by atoms with Gasteiger partial charge in [-0.05, 0) is 17.7 Å². The van der Waals surface area contributed by atoms with Gasteiger partial charge in [0.25, 0.3) is 0 Å². The van der Waals surface area contributed by atoms with Crippen molar-refractivity contribution in [2.75, 3.05) is 31.2 Å². The van der Waals surface area contributed by atoms with E-state index in [9.17, 15) is 0 Å². The molecule has 3 rings (SSSR count). The summed E-state index contributed by atoms with van der Waals surface area (Å²) in [5, 5.41) is 8.67. The van der Waals surface area contributed by atoms with Gasteiger partial charge in [0.2, 0.25) is 0 Å². The zero-order valence-electron chi connectivity index (χ0n) is 13.0. The molecule has 1 aromatic rings. The van der Waals surface area contributed by atoms with Crippen LogP contribution in [0.3, 0.4) is 0 Å². The first-order valence-corrected chi connectivity index (χ1v) is 7.80. The van der Waals surface area contributed by atoms with Crippen molar-refractivity contribution in [2.45, 2.75) is 39.0 Å². The lowest BCUT2D eigenvalue weighted by Crippen LogP contribution is -2.45. The van der Waals surface area contributed by atoms with E-state index in [0.717, 1.165) is 44.7 Å². The van der Waals surface area contributed by atoms with Crippen LogP contribution in [0, 0.1) is 0 Å². The summed E-state index contributed by atoms with van der Waals surface area (Å²) >= 11 is 0. The highest BCUT2D eigenvalue weighted by atomic mass is 16.7. The molecule has 2 aliphatic heterocycles. The standard InChI is InChI=1S/C14H20N2O3.C2H6/c17-15-11-12-1-3-13(4-2-12)16-7-5-14(6-8-16)18-9-10-19-14;1-2/h1-4,15,17H,5-11H2;1-2H3. The fourth-order valence-corrected chi connectivity index (χ4v) is 2.81. The minimum Gasteiger partial charge on any atom is -0.371 e. The number of ether oxygens (including phenoxy) is 2. The van der Waals surface area contributed by atoms with Crippen molar-refractivity contribution in [3.63, 3.8) is 0 Å². The van der Waals surface area contributed by atoms with Gasteiger partial charge in [0.15, 0.2) is 5.79 Å². The summed E-state index contributed by atoms with van der Waals surface area (Å²) in [5.74, 6) is -0.308. The van der Waals surface area contributed by atoms with Gasteiger partial charge in [-0.1, -0.05) is 26.0 Å². The summed E-state index contributed by atoms with van der Waals surface area (Å²) in [5.41, 5.74) is 4.46. The zero-order valence-corrected chi connectivity index (χ0v) is 13.0. The van der Waals surface area contributed by atoms with E-state index in [1.54, 1.807) is 0 Å². The molecule has 0 atom stereocenters. The minimum atomic E-state index is -0.308. The normalized spacial score (nSPS) is 20.2. The van der Waals surface area contributed by atoms with Crippen LogP contribution in [0.15, 0.2) is 24.3 Å². The molecule has 2 saturated heterocycles. The fourth-order valence-electron chi connectivity index (χ4n) is 2.81. The van der Waals surface area contributed by atoms with E-state index < -0.39 is 0 Å². The Morgan fingerprint density at radius 3 is 2.19 bits per heavy atom. The number of benzene rings is 1. The molecule has 2 heterocycles.